The van der Waals surface area contributed by atoms with Crippen LogP contribution in [0.3, 0.4) is 0 Å². The molecule has 0 atom stereocenters. The molecular formula is C10H7N2OTl. The first-order chi connectivity index (χ1) is 6.81. The molecule has 3 nitrogen and oxygen atoms in total. The average molecular weight is 376 g/mol. The van der Waals surface area contributed by atoms with Crippen molar-refractivity contribution in [1.82, 2.24) is 7.36 Å². The Balaban J connectivity index is 2.55. The summed E-state index contributed by atoms with van der Waals surface area (Å²) in [6.07, 6.45) is 4.62. The fourth-order valence-electron chi connectivity index (χ4n) is 1.31. The molecule has 0 aliphatic heterocycles. The van der Waals surface area contributed by atoms with Gasteiger partial charge in [-0.1, -0.05) is 0 Å². The van der Waals surface area contributed by atoms with Crippen LogP contribution in [0.2, 0.25) is 0 Å². The van der Waals surface area contributed by atoms with Crippen molar-refractivity contribution in [3.8, 4) is 11.3 Å². The zero-order chi connectivity index (χ0) is 9.97. The second-order valence-electron chi connectivity index (χ2n) is 2.91. The van der Waals surface area contributed by atoms with Crippen molar-refractivity contribution in [2.24, 2.45) is 0 Å². The van der Waals surface area contributed by atoms with Crippen molar-refractivity contribution in [2.45, 2.75) is 0 Å². The van der Waals surface area contributed by atoms with E-state index in [-0.39, 0.29) is 0 Å². The van der Waals surface area contributed by atoms with E-state index in [4.69, 9.17) is 0 Å². The molecule has 1 aromatic carbocycles. The van der Waals surface area contributed by atoms with E-state index in [1.54, 1.807) is 12.4 Å². The predicted octanol–water partition coefficient (Wildman–Crippen LogP) is 1.29. The Morgan fingerprint density at radius 3 is 2.79 bits per heavy atom. The maximum atomic E-state index is 10.8. The molecule has 14 heavy (non-hydrogen) atoms. The van der Waals surface area contributed by atoms with Crippen molar-refractivity contribution in [3.63, 3.8) is 0 Å². The molecule has 1 aromatic heterocycles. The zero-order valence-electron chi connectivity index (χ0n) is 7.42. The van der Waals surface area contributed by atoms with Gasteiger partial charge in [-0.2, -0.15) is 0 Å². The third-order valence-electron chi connectivity index (χ3n) is 1.97. The van der Waals surface area contributed by atoms with E-state index in [0.29, 0.717) is 31.6 Å². The number of hydrogen-bond acceptors (Lipinski definition) is 2. The summed E-state index contributed by atoms with van der Waals surface area (Å²) in [7, 11) is 0. The molecule has 0 unspecified atom stereocenters. The maximum absolute atomic E-state index is 10.8. The summed E-state index contributed by atoms with van der Waals surface area (Å²) in [6, 6.07) is 7.48. The molecule has 4 heteroatoms. The Labute approximate surface area is 97.9 Å². The van der Waals surface area contributed by atoms with Crippen molar-refractivity contribution >= 4 is 32.4 Å². The summed E-state index contributed by atoms with van der Waals surface area (Å²) in [5, 5.41) is 0. The van der Waals surface area contributed by atoms with Gasteiger partial charge in [0.1, 0.15) is 0 Å². The normalized spacial score (nSPS) is 9.93. The third kappa shape index (κ3) is 1.77. The summed E-state index contributed by atoms with van der Waals surface area (Å²) >= 11 is 0.713. The number of hydrogen-bond donors (Lipinski definition) is 0. The Kier molecular flexibility index (Phi) is 2.76. The summed E-state index contributed by atoms with van der Waals surface area (Å²) in [4.78, 5) is 15.0. The Morgan fingerprint density at radius 1 is 1.36 bits per heavy atom. The van der Waals surface area contributed by atoms with E-state index in [9.17, 15) is 4.79 Å². The molecule has 0 amide bonds. The molecule has 0 spiro atoms. The number of benzene rings is 1. The van der Waals surface area contributed by atoms with Crippen LogP contribution in [0, 0.1) is 0 Å². The number of aromatic nitrogens is 2. The minimum absolute atomic E-state index is 0.691. The van der Waals surface area contributed by atoms with Gasteiger partial charge in [0.05, 0.1) is 0 Å². The van der Waals surface area contributed by atoms with Crippen molar-refractivity contribution in [1.29, 1.82) is 0 Å². The predicted molar refractivity (Wildman–Crippen MR) is 54.2 cm³/mol. The van der Waals surface area contributed by atoms with Gasteiger partial charge in [0.25, 0.3) is 0 Å². The number of carbonyl (C=O) groups excluding carboxylic acids is 1. The molecule has 1 heterocycles. The molecule has 66 valence electrons. The summed E-state index contributed by atoms with van der Waals surface area (Å²) in [5.74, 6) is 0. The van der Waals surface area contributed by atoms with Gasteiger partial charge in [-0.25, -0.2) is 0 Å². The van der Waals surface area contributed by atoms with Crippen LogP contribution < -0.4 is 0 Å². The van der Waals surface area contributed by atoms with Crippen molar-refractivity contribution < 1.29 is 4.79 Å². The molecule has 0 radical (unpaired) electrons. The molecule has 0 aliphatic rings. The first kappa shape index (κ1) is 9.57. The molecular weight excluding hydrogens is 369 g/mol. The second kappa shape index (κ2) is 4.04. The topological polar surface area (TPSA) is 34.9 Å². The van der Waals surface area contributed by atoms with E-state index in [1.165, 1.54) is 0 Å². The molecule has 0 saturated heterocycles. The molecule has 0 N–H and O–H groups in total. The van der Waals surface area contributed by atoms with Gasteiger partial charge in [-0.15, -0.1) is 0 Å². The van der Waals surface area contributed by atoms with E-state index in [0.717, 1.165) is 17.5 Å². The van der Waals surface area contributed by atoms with Gasteiger partial charge in [-0.05, 0) is 0 Å². The summed E-state index contributed by atoms with van der Waals surface area (Å²) in [5.41, 5.74) is 2.47. The molecule has 0 bridgehead atoms. The monoisotopic (exact) mass is 376 g/mol. The van der Waals surface area contributed by atoms with Crippen LogP contribution >= 0.6 is 0 Å². The van der Waals surface area contributed by atoms with Crippen LogP contribution in [0.15, 0.2) is 36.8 Å². The van der Waals surface area contributed by atoms with Gasteiger partial charge in [0.2, 0.25) is 0 Å². The zero-order valence-corrected chi connectivity index (χ0v) is 11.9. The molecule has 0 fully saturated rings. The minimum atomic E-state index is 0.691. The van der Waals surface area contributed by atoms with Gasteiger partial charge >= 0.3 is 98.1 Å². The van der Waals surface area contributed by atoms with Crippen LogP contribution in [0.5, 0.6) is 0 Å². The standard InChI is InChI=1S/C10H8N2O.Tl/c13-6-8-3-1-2-4-9(8)10-5-11-7-12-10;/h1-7H,(H,11,12,13);/q;+1/p-1. The van der Waals surface area contributed by atoms with Gasteiger partial charge in [-0.3, -0.25) is 0 Å². The van der Waals surface area contributed by atoms with Crippen LogP contribution in [0.25, 0.3) is 11.3 Å². The van der Waals surface area contributed by atoms with E-state index in [1.807, 2.05) is 26.8 Å². The van der Waals surface area contributed by atoms with Crippen LogP contribution in [-0.4, -0.2) is 39.7 Å². The number of carbonyl (C=O) groups is 1. The summed E-state index contributed by atoms with van der Waals surface area (Å²) in [6.45, 7) is 0. The van der Waals surface area contributed by atoms with Gasteiger partial charge in [0.15, 0.2) is 0 Å². The molecule has 2 rings (SSSR count). The van der Waals surface area contributed by atoms with Crippen LogP contribution in [0.4, 0.5) is 0 Å². The van der Waals surface area contributed by atoms with Crippen LogP contribution in [0.1, 0.15) is 10.4 Å². The first-order valence-corrected chi connectivity index (χ1v) is 6.15. The Morgan fingerprint density at radius 2 is 2.14 bits per heavy atom. The van der Waals surface area contributed by atoms with Crippen molar-refractivity contribution in [3.05, 3.63) is 42.4 Å². The average Bonchev–Trinajstić information content (AvgIpc) is 2.65. The molecule has 0 saturated carbocycles. The number of aldehydes is 1. The van der Waals surface area contributed by atoms with E-state index in [2.05, 4.69) is 4.98 Å². The number of rotatable bonds is 2. The fourth-order valence-corrected chi connectivity index (χ4v) is 2.12. The number of imidazole rings is 1. The third-order valence-corrected chi connectivity index (χ3v) is 3.06. The van der Waals surface area contributed by atoms with E-state index < -0.39 is 0 Å². The molecule has 2 aromatic rings. The Bertz CT molecular complexity index is 465. The van der Waals surface area contributed by atoms with Gasteiger partial charge in [0, 0.05) is 0 Å². The van der Waals surface area contributed by atoms with Crippen LogP contribution in [-0.2, 0) is 0 Å². The summed E-state index contributed by atoms with van der Waals surface area (Å²) < 4.78 is 2.02. The fraction of sp³-hybridized carbons (Fsp3) is 0. The second-order valence-corrected chi connectivity index (χ2v) is 5.23. The van der Waals surface area contributed by atoms with Crippen molar-refractivity contribution in [2.75, 3.05) is 0 Å². The first-order valence-electron chi connectivity index (χ1n) is 4.15. The Hall–Kier alpha value is -0.978. The molecule has 0 aliphatic carbocycles. The SMILES string of the molecule is O=Cc1ccccc1-c1c[n]([Tl])cn1. The van der Waals surface area contributed by atoms with Gasteiger partial charge < -0.3 is 0 Å². The number of nitrogens with zero attached hydrogens (tertiary/aromatic N) is 2. The quantitative estimate of drug-likeness (QED) is 0.586. The van der Waals surface area contributed by atoms with E-state index >= 15 is 0 Å².